The van der Waals surface area contributed by atoms with E-state index in [9.17, 15) is 9.59 Å². The fourth-order valence-electron chi connectivity index (χ4n) is 1.74. The highest BCUT2D eigenvalue weighted by atomic mass is 16.5. The summed E-state index contributed by atoms with van der Waals surface area (Å²) >= 11 is 0. The molecular weight excluding hydrogens is 220 g/mol. The first kappa shape index (κ1) is 15.9. The van der Waals surface area contributed by atoms with Gasteiger partial charge in [0, 0.05) is 6.42 Å². The number of methoxy groups -OCH3 is 1. The highest BCUT2D eigenvalue weighted by Gasteiger charge is 2.34. The van der Waals surface area contributed by atoms with E-state index in [4.69, 9.17) is 4.74 Å². The Hall–Kier alpha value is -1.10. The zero-order valence-corrected chi connectivity index (χ0v) is 11.3. The van der Waals surface area contributed by atoms with Gasteiger partial charge in [-0.3, -0.25) is 4.79 Å². The maximum absolute atomic E-state index is 11.7. The number of rotatable bonds is 8. The Morgan fingerprint density at radius 3 is 2.47 bits per heavy atom. The quantitative estimate of drug-likeness (QED) is 0.490. The Kier molecular flexibility index (Phi) is 7.54. The van der Waals surface area contributed by atoms with Crippen LogP contribution in [0.4, 0.5) is 0 Å². The summed E-state index contributed by atoms with van der Waals surface area (Å²) in [6.07, 6.45) is 2.56. The van der Waals surface area contributed by atoms with Crippen molar-refractivity contribution in [1.82, 2.24) is 10.6 Å². The predicted molar refractivity (Wildman–Crippen MR) is 66.6 cm³/mol. The molecule has 2 N–H and O–H groups in total. The van der Waals surface area contributed by atoms with Gasteiger partial charge >= 0.3 is 5.97 Å². The zero-order chi connectivity index (χ0) is 13.3. The van der Waals surface area contributed by atoms with Crippen LogP contribution in [0, 0.1) is 0 Å². The van der Waals surface area contributed by atoms with Crippen LogP contribution in [-0.4, -0.2) is 38.1 Å². The summed E-state index contributed by atoms with van der Waals surface area (Å²) in [5.74, 6) is -0.497. The molecule has 0 aromatic rings. The summed E-state index contributed by atoms with van der Waals surface area (Å²) in [4.78, 5) is 23.3. The molecule has 0 saturated heterocycles. The van der Waals surface area contributed by atoms with Gasteiger partial charge in [0.2, 0.25) is 5.91 Å². The molecule has 0 aromatic carbocycles. The van der Waals surface area contributed by atoms with Gasteiger partial charge in [0.15, 0.2) is 0 Å². The second kappa shape index (κ2) is 8.06. The first-order chi connectivity index (χ1) is 8.00. The fraction of sp³-hybridized carbons (Fsp3) is 0.833. The molecule has 0 aliphatic carbocycles. The SMILES string of the molecule is CCCC(C)(NC(=O)CCCNC)C(=O)OC. The average Bonchev–Trinajstić information content (AvgIpc) is 2.28. The third kappa shape index (κ3) is 5.68. The number of carbonyl (C=O) groups is 2. The standard InChI is InChI=1S/C12H24N2O3/c1-5-8-12(2,11(16)17-4)14-10(15)7-6-9-13-3/h13H,5-9H2,1-4H3,(H,14,15). The Bertz CT molecular complexity index is 256. The smallest absolute Gasteiger partial charge is 0.331 e. The van der Waals surface area contributed by atoms with Crippen LogP contribution in [0.3, 0.4) is 0 Å². The second-order valence-corrected chi connectivity index (χ2v) is 4.33. The van der Waals surface area contributed by atoms with E-state index in [0.29, 0.717) is 12.8 Å². The summed E-state index contributed by atoms with van der Waals surface area (Å²) in [7, 11) is 3.18. The van der Waals surface area contributed by atoms with E-state index in [1.54, 1.807) is 6.92 Å². The maximum Gasteiger partial charge on any atom is 0.331 e. The third-order valence-corrected chi connectivity index (χ3v) is 2.63. The minimum atomic E-state index is -0.903. The van der Waals surface area contributed by atoms with Crippen LogP contribution in [-0.2, 0) is 14.3 Å². The number of hydrogen-bond donors (Lipinski definition) is 2. The summed E-state index contributed by atoms with van der Waals surface area (Å²) in [6, 6.07) is 0. The lowest BCUT2D eigenvalue weighted by Gasteiger charge is -2.27. The predicted octanol–water partition coefficient (Wildman–Crippen LogP) is 0.834. The first-order valence-corrected chi connectivity index (χ1v) is 6.04. The molecule has 0 aliphatic rings. The number of hydrogen-bond acceptors (Lipinski definition) is 4. The van der Waals surface area contributed by atoms with Crippen molar-refractivity contribution in [3.05, 3.63) is 0 Å². The summed E-state index contributed by atoms with van der Waals surface area (Å²) in [6.45, 7) is 4.46. The molecule has 0 aliphatic heterocycles. The lowest BCUT2D eigenvalue weighted by atomic mass is 9.96. The van der Waals surface area contributed by atoms with Gasteiger partial charge in [0.1, 0.15) is 5.54 Å². The van der Waals surface area contributed by atoms with Gasteiger partial charge < -0.3 is 15.4 Å². The molecule has 0 spiro atoms. The van der Waals surface area contributed by atoms with Gasteiger partial charge in [0.05, 0.1) is 7.11 Å². The van der Waals surface area contributed by atoms with Crippen LogP contribution in [0.1, 0.15) is 39.5 Å². The molecule has 5 heteroatoms. The number of amides is 1. The highest BCUT2D eigenvalue weighted by Crippen LogP contribution is 2.14. The van der Waals surface area contributed by atoms with Crippen LogP contribution >= 0.6 is 0 Å². The van der Waals surface area contributed by atoms with E-state index in [0.717, 1.165) is 19.4 Å². The maximum atomic E-state index is 11.7. The van der Waals surface area contributed by atoms with Crippen molar-refractivity contribution in [3.8, 4) is 0 Å². The van der Waals surface area contributed by atoms with Crippen molar-refractivity contribution in [1.29, 1.82) is 0 Å². The molecule has 1 unspecified atom stereocenters. The molecular formula is C12H24N2O3. The Morgan fingerprint density at radius 2 is 2.00 bits per heavy atom. The monoisotopic (exact) mass is 244 g/mol. The summed E-state index contributed by atoms with van der Waals surface area (Å²) in [5.41, 5.74) is -0.903. The number of nitrogens with one attached hydrogen (secondary N) is 2. The molecule has 5 nitrogen and oxygen atoms in total. The van der Waals surface area contributed by atoms with Crippen LogP contribution in [0.5, 0.6) is 0 Å². The van der Waals surface area contributed by atoms with Gasteiger partial charge in [-0.15, -0.1) is 0 Å². The van der Waals surface area contributed by atoms with Crippen LogP contribution in [0.15, 0.2) is 0 Å². The molecule has 17 heavy (non-hydrogen) atoms. The topological polar surface area (TPSA) is 67.4 Å². The van der Waals surface area contributed by atoms with Gasteiger partial charge in [0.25, 0.3) is 0 Å². The van der Waals surface area contributed by atoms with Crippen molar-refractivity contribution in [2.45, 2.75) is 45.1 Å². The molecule has 0 radical (unpaired) electrons. The zero-order valence-electron chi connectivity index (χ0n) is 11.3. The lowest BCUT2D eigenvalue weighted by Crippen LogP contribution is -2.52. The number of esters is 1. The van der Waals surface area contributed by atoms with Gasteiger partial charge in [-0.25, -0.2) is 4.79 Å². The minimum absolute atomic E-state index is 0.110. The number of ether oxygens (including phenoxy) is 1. The van der Waals surface area contributed by atoms with Crippen molar-refractivity contribution < 1.29 is 14.3 Å². The van der Waals surface area contributed by atoms with Crippen LogP contribution in [0.2, 0.25) is 0 Å². The molecule has 100 valence electrons. The third-order valence-electron chi connectivity index (χ3n) is 2.63. The van der Waals surface area contributed by atoms with Gasteiger partial charge in [-0.05, 0) is 33.4 Å². The fourth-order valence-corrected chi connectivity index (χ4v) is 1.74. The molecule has 0 bridgehead atoms. The molecule has 1 atom stereocenters. The van der Waals surface area contributed by atoms with Crippen molar-refractivity contribution in [2.75, 3.05) is 20.7 Å². The van der Waals surface area contributed by atoms with Crippen LogP contribution < -0.4 is 10.6 Å². The van der Waals surface area contributed by atoms with Crippen molar-refractivity contribution in [2.24, 2.45) is 0 Å². The van der Waals surface area contributed by atoms with E-state index < -0.39 is 5.54 Å². The molecule has 1 amide bonds. The van der Waals surface area contributed by atoms with E-state index in [2.05, 4.69) is 10.6 Å². The Labute approximate surface area is 103 Å². The van der Waals surface area contributed by atoms with E-state index >= 15 is 0 Å². The largest absolute Gasteiger partial charge is 0.467 e. The van der Waals surface area contributed by atoms with Gasteiger partial charge in [-0.2, -0.15) is 0 Å². The van der Waals surface area contributed by atoms with E-state index in [-0.39, 0.29) is 11.9 Å². The molecule has 0 aromatic heterocycles. The van der Waals surface area contributed by atoms with Crippen molar-refractivity contribution in [3.63, 3.8) is 0 Å². The highest BCUT2D eigenvalue weighted by molar-refractivity contribution is 5.87. The molecule has 0 saturated carbocycles. The first-order valence-electron chi connectivity index (χ1n) is 6.04. The Balaban J connectivity index is 4.33. The summed E-state index contributed by atoms with van der Waals surface area (Å²) in [5, 5.41) is 5.74. The lowest BCUT2D eigenvalue weighted by molar-refractivity contribution is -0.150. The van der Waals surface area contributed by atoms with Crippen molar-refractivity contribution >= 4 is 11.9 Å². The van der Waals surface area contributed by atoms with Gasteiger partial charge in [-0.1, -0.05) is 13.3 Å². The molecule has 0 fully saturated rings. The van der Waals surface area contributed by atoms with E-state index in [1.165, 1.54) is 7.11 Å². The minimum Gasteiger partial charge on any atom is -0.467 e. The number of carbonyl (C=O) groups excluding carboxylic acids is 2. The normalized spacial score (nSPS) is 13.9. The summed E-state index contributed by atoms with van der Waals surface area (Å²) < 4.78 is 4.73. The average molecular weight is 244 g/mol. The van der Waals surface area contributed by atoms with Crippen LogP contribution in [0.25, 0.3) is 0 Å². The molecule has 0 heterocycles. The molecule has 0 rings (SSSR count). The Morgan fingerprint density at radius 1 is 1.35 bits per heavy atom. The second-order valence-electron chi connectivity index (χ2n) is 4.33. The van der Waals surface area contributed by atoms with E-state index in [1.807, 2.05) is 14.0 Å².